The van der Waals surface area contributed by atoms with E-state index in [0.29, 0.717) is 11.5 Å². The van der Waals surface area contributed by atoms with Crippen molar-refractivity contribution in [3.63, 3.8) is 0 Å². The molecule has 2 aromatic carbocycles. The maximum Gasteiger partial charge on any atom is 0.146 e. The zero-order valence-electron chi connectivity index (χ0n) is 18.0. The lowest BCUT2D eigenvalue weighted by molar-refractivity contribution is 0.534. The van der Waals surface area contributed by atoms with Crippen molar-refractivity contribution in [1.82, 2.24) is 29.7 Å². The Morgan fingerprint density at radius 2 is 1.82 bits per heavy atom. The van der Waals surface area contributed by atoms with E-state index in [2.05, 4.69) is 39.2 Å². The van der Waals surface area contributed by atoms with Crippen molar-refractivity contribution in [1.29, 1.82) is 0 Å². The van der Waals surface area contributed by atoms with Gasteiger partial charge in [-0.3, -0.25) is 14.6 Å². The number of aromatic amines is 1. The van der Waals surface area contributed by atoms with Gasteiger partial charge in [-0.2, -0.15) is 5.10 Å². The molecule has 0 aliphatic carbocycles. The molecule has 2 N–H and O–H groups in total. The molecule has 5 rings (SSSR count). The van der Waals surface area contributed by atoms with Gasteiger partial charge < -0.3 is 10.3 Å². The third-order valence-electron chi connectivity index (χ3n) is 5.26. The molecule has 0 radical (unpaired) electrons. The highest BCUT2D eigenvalue weighted by molar-refractivity contribution is 5.84. The highest BCUT2D eigenvalue weighted by atomic mass is 19.1. The summed E-state index contributed by atoms with van der Waals surface area (Å²) in [5.41, 5.74) is 4.59. The molecule has 0 unspecified atom stereocenters. The number of nitrogens with zero attached hydrogens (tertiary/aromatic N) is 5. The number of aromatic nitrogens is 6. The van der Waals surface area contributed by atoms with Crippen molar-refractivity contribution in [2.75, 3.05) is 5.32 Å². The lowest BCUT2D eigenvalue weighted by Crippen LogP contribution is -2.03. The van der Waals surface area contributed by atoms with Gasteiger partial charge in [0, 0.05) is 30.2 Å². The van der Waals surface area contributed by atoms with E-state index in [4.69, 9.17) is 4.98 Å². The second kappa shape index (κ2) is 8.42. The first-order chi connectivity index (χ1) is 16.0. The minimum absolute atomic E-state index is 0.0690. The Kier molecular flexibility index (Phi) is 5.29. The summed E-state index contributed by atoms with van der Waals surface area (Å²) in [5.74, 6) is -0.495. The summed E-state index contributed by atoms with van der Waals surface area (Å²) in [7, 11) is 0. The molecule has 0 saturated carbocycles. The van der Waals surface area contributed by atoms with E-state index < -0.39 is 11.6 Å². The van der Waals surface area contributed by atoms with Crippen molar-refractivity contribution < 1.29 is 8.78 Å². The van der Waals surface area contributed by atoms with E-state index in [1.807, 2.05) is 35.1 Å². The minimum Gasteiger partial charge on any atom is -0.375 e. The van der Waals surface area contributed by atoms with E-state index >= 15 is 0 Å². The monoisotopic (exact) mass is 445 g/mol. The van der Waals surface area contributed by atoms with Gasteiger partial charge in [0.15, 0.2) is 0 Å². The van der Waals surface area contributed by atoms with E-state index in [0.717, 1.165) is 46.2 Å². The molecule has 0 saturated heterocycles. The first-order valence-electron chi connectivity index (χ1n) is 10.5. The molecule has 0 atom stereocenters. The second-order valence-electron chi connectivity index (χ2n) is 7.92. The molecule has 0 aliphatic heterocycles. The number of nitrogens with one attached hydrogen (secondary N) is 2. The fourth-order valence-electron chi connectivity index (χ4n) is 3.58. The molecule has 0 amide bonds. The normalized spacial score (nSPS) is 11.4. The largest absolute Gasteiger partial charge is 0.375 e. The first kappa shape index (κ1) is 20.7. The number of anilines is 1. The molecule has 0 aliphatic rings. The number of hydrogen-bond donors (Lipinski definition) is 2. The van der Waals surface area contributed by atoms with E-state index in [9.17, 15) is 8.78 Å². The molecule has 3 aromatic heterocycles. The molecule has 166 valence electrons. The third kappa shape index (κ3) is 4.17. The van der Waals surface area contributed by atoms with Crippen LogP contribution in [0.2, 0.25) is 0 Å². The summed E-state index contributed by atoms with van der Waals surface area (Å²) in [4.78, 5) is 16.8. The fourth-order valence-corrected chi connectivity index (χ4v) is 3.58. The van der Waals surface area contributed by atoms with Crippen molar-refractivity contribution >= 4 is 16.7 Å². The van der Waals surface area contributed by atoms with Crippen LogP contribution in [-0.2, 0) is 6.54 Å². The Morgan fingerprint density at radius 1 is 1.00 bits per heavy atom. The van der Waals surface area contributed by atoms with Crippen molar-refractivity contribution in [2.45, 2.75) is 26.4 Å². The quantitative estimate of drug-likeness (QED) is 0.368. The van der Waals surface area contributed by atoms with Gasteiger partial charge in [0.2, 0.25) is 0 Å². The number of imidazole rings is 1. The Morgan fingerprint density at radius 3 is 2.61 bits per heavy atom. The Bertz CT molecular complexity index is 1440. The van der Waals surface area contributed by atoms with Crippen molar-refractivity contribution in [3.8, 4) is 22.6 Å². The lowest BCUT2D eigenvalue weighted by Gasteiger charge is -2.05. The average molecular weight is 445 g/mol. The summed E-state index contributed by atoms with van der Waals surface area (Å²) < 4.78 is 29.4. The predicted octanol–water partition coefficient (Wildman–Crippen LogP) is 5.35. The van der Waals surface area contributed by atoms with Crippen molar-refractivity contribution in [3.05, 3.63) is 78.5 Å². The average Bonchev–Trinajstić information content (AvgIpc) is 3.47. The van der Waals surface area contributed by atoms with Crippen LogP contribution in [0.4, 0.5) is 14.5 Å². The first-order valence-corrected chi connectivity index (χ1v) is 10.5. The molecule has 9 heteroatoms. The summed E-state index contributed by atoms with van der Waals surface area (Å²) in [6.45, 7) is 4.27. The van der Waals surface area contributed by atoms with Crippen LogP contribution in [0.15, 0.2) is 61.1 Å². The Hall–Kier alpha value is -4.14. The van der Waals surface area contributed by atoms with Gasteiger partial charge in [0.1, 0.15) is 23.2 Å². The van der Waals surface area contributed by atoms with Gasteiger partial charge in [-0.15, -0.1) is 0 Å². The van der Waals surface area contributed by atoms with Gasteiger partial charge in [-0.05, 0) is 50.2 Å². The topological polar surface area (TPSA) is 84.3 Å². The standard InChI is InChI=1S/C24H21F2N7/c1-14(2)33-10-7-19(32-33)24-23(15-3-6-18-21(11-15)28-9-8-27-18)30-22(31-24)13-29-20-12-16(25)4-5-17(20)26/h3-12,14,29H,13H2,1-2H3,(H,30,31). The second-order valence-corrected chi connectivity index (χ2v) is 7.92. The van der Waals surface area contributed by atoms with Crippen LogP contribution in [-0.4, -0.2) is 29.7 Å². The van der Waals surface area contributed by atoms with E-state index in [-0.39, 0.29) is 18.3 Å². The van der Waals surface area contributed by atoms with Gasteiger partial charge in [0.05, 0.1) is 34.7 Å². The zero-order valence-corrected chi connectivity index (χ0v) is 18.0. The SMILES string of the molecule is CC(C)n1ccc(-c2[nH]c(CNc3cc(F)ccc3F)nc2-c2ccc3nccnc3c2)n1. The number of fused-ring (bicyclic) bond motifs is 1. The zero-order chi connectivity index (χ0) is 22.9. The van der Waals surface area contributed by atoms with Gasteiger partial charge in [-0.25, -0.2) is 13.8 Å². The predicted molar refractivity (Wildman–Crippen MR) is 122 cm³/mol. The Labute approximate surface area is 188 Å². The summed E-state index contributed by atoms with van der Waals surface area (Å²) in [6, 6.07) is 11.2. The number of H-pyrrole nitrogens is 1. The maximum absolute atomic E-state index is 14.0. The van der Waals surface area contributed by atoms with E-state index in [1.54, 1.807) is 12.4 Å². The summed E-state index contributed by atoms with van der Waals surface area (Å²) >= 11 is 0. The number of benzene rings is 2. The molecule has 3 heterocycles. The lowest BCUT2D eigenvalue weighted by atomic mass is 10.1. The highest BCUT2D eigenvalue weighted by Gasteiger charge is 2.18. The molecule has 0 fully saturated rings. The molecule has 0 bridgehead atoms. The number of rotatable bonds is 6. The molecule has 0 spiro atoms. The van der Waals surface area contributed by atoms with Gasteiger partial charge in [-0.1, -0.05) is 6.07 Å². The number of halogens is 2. The van der Waals surface area contributed by atoms with E-state index in [1.165, 1.54) is 0 Å². The van der Waals surface area contributed by atoms with Crippen LogP contribution in [0.25, 0.3) is 33.7 Å². The maximum atomic E-state index is 14.0. The number of hydrogen-bond acceptors (Lipinski definition) is 5. The van der Waals surface area contributed by atoms with Crippen LogP contribution in [0.1, 0.15) is 25.7 Å². The molecular formula is C24H21F2N7. The molecule has 33 heavy (non-hydrogen) atoms. The minimum atomic E-state index is -0.535. The fraction of sp³-hybridized carbons (Fsp3) is 0.167. The van der Waals surface area contributed by atoms with Crippen LogP contribution in [0, 0.1) is 11.6 Å². The smallest absolute Gasteiger partial charge is 0.146 e. The molecule has 7 nitrogen and oxygen atoms in total. The summed E-state index contributed by atoms with van der Waals surface area (Å²) in [5, 5.41) is 7.58. The van der Waals surface area contributed by atoms with Gasteiger partial charge in [0.25, 0.3) is 0 Å². The molecule has 5 aromatic rings. The highest BCUT2D eigenvalue weighted by Crippen LogP contribution is 2.31. The Balaban J connectivity index is 1.55. The summed E-state index contributed by atoms with van der Waals surface area (Å²) in [6.07, 6.45) is 5.21. The van der Waals surface area contributed by atoms with Crippen LogP contribution in [0.3, 0.4) is 0 Å². The van der Waals surface area contributed by atoms with Crippen molar-refractivity contribution in [2.24, 2.45) is 0 Å². The third-order valence-corrected chi connectivity index (χ3v) is 5.26. The molecular weight excluding hydrogens is 424 g/mol. The van der Waals surface area contributed by atoms with Crippen LogP contribution >= 0.6 is 0 Å². The van der Waals surface area contributed by atoms with Crippen LogP contribution in [0.5, 0.6) is 0 Å². The van der Waals surface area contributed by atoms with Gasteiger partial charge >= 0.3 is 0 Å². The van der Waals surface area contributed by atoms with Crippen LogP contribution < -0.4 is 5.32 Å².